The molecule has 1 N–H and O–H groups in total. The molecule has 2 aliphatic rings. The van der Waals surface area contributed by atoms with Gasteiger partial charge in [0.2, 0.25) is 5.91 Å². The van der Waals surface area contributed by atoms with Gasteiger partial charge in [-0.25, -0.2) is 0 Å². The van der Waals surface area contributed by atoms with Gasteiger partial charge in [0.05, 0.1) is 5.75 Å². The van der Waals surface area contributed by atoms with Gasteiger partial charge in [-0.1, -0.05) is 30.3 Å². The number of piperidine rings is 2. The molecule has 26 heavy (non-hydrogen) atoms. The second-order valence-corrected chi connectivity index (χ2v) is 8.71. The van der Waals surface area contributed by atoms with Gasteiger partial charge in [0.1, 0.15) is 0 Å². The van der Waals surface area contributed by atoms with Gasteiger partial charge in [0.15, 0.2) is 0 Å². The average molecular weight is 377 g/mol. The molecule has 5 heteroatoms. The molecule has 0 unspecified atom stereocenters. The van der Waals surface area contributed by atoms with Crippen molar-refractivity contribution in [2.75, 3.05) is 51.3 Å². The quantitative estimate of drug-likeness (QED) is 0.829. The van der Waals surface area contributed by atoms with Crippen molar-refractivity contribution in [3.63, 3.8) is 0 Å². The molecule has 1 amide bonds. The summed E-state index contributed by atoms with van der Waals surface area (Å²) in [6.45, 7) is 5.14. The van der Waals surface area contributed by atoms with Crippen molar-refractivity contribution in [1.82, 2.24) is 9.80 Å². The highest BCUT2D eigenvalue weighted by Crippen LogP contribution is 2.45. The van der Waals surface area contributed by atoms with Gasteiger partial charge in [-0.15, -0.1) is 0 Å². The summed E-state index contributed by atoms with van der Waals surface area (Å²) in [7, 11) is 0. The lowest BCUT2D eigenvalue weighted by Crippen LogP contribution is -2.55. The smallest absolute Gasteiger partial charge is 0.232 e. The zero-order chi connectivity index (χ0) is 18.4. The molecule has 2 fully saturated rings. The van der Waals surface area contributed by atoms with Crippen LogP contribution in [0.3, 0.4) is 0 Å². The predicted molar refractivity (Wildman–Crippen MR) is 108 cm³/mol. The third-order valence-electron chi connectivity index (χ3n) is 6.44. The molecule has 1 spiro atoms. The minimum absolute atomic E-state index is 0.201. The lowest BCUT2D eigenvalue weighted by molar-refractivity contribution is -0.135. The number of carbonyl (C=O) groups is 1. The van der Waals surface area contributed by atoms with E-state index in [4.69, 9.17) is 0 Å². The SMILES string of the molecule is CSCC(=O)N1CCC2(CCN(CCc3ccccc3)CC2)[C@@H](CO)C1. The van der Waals surface area contributed by atoms with Crippen LogP contribution >= 0.6 is 11.8 Å². The van der Waals surface area contributed by atoms with Gasteiger partial charge in [0.25, 0.3) is 0 Å². The van der Waals surface area contributed by atoms with Crippen LogP contribution in [0.15, 0.2) is 30.3 Å². The number of benzene rings is 1. The first-order chi connectivity index (χ1) is 12.7. The molecule has 3 rings (SSSR count). The fourth-order valence-electron chi connectivity index (χ4n) is 4.62. The molecule has 0 aromatic heterocycles. The molecule has 2 aliphatic heterocycles. The predicted octanol–water partition coefficient (Wildman–Crippen LogP) is 2.52. The van der Waals surface area contributed by atoms with Gasteiger partial charge in [-0.05, 0) is 56.0 Å². The first-order valence-corrected chi connectivity index (χ1v) is 11.2. The molecule has 0 radical (unpaired) electrons. The van der Waals surface area contributed by atoms with E-state index < -0.39 is 0 Å². The highest BCUT2D eigenvalue weighted by Gasteiger charge is 2.45. The fourth-order valence-corrected chi connectivity index (χ4v) is 5.05. The minimum Gasteiger partial charge on any atom is -0.396 e. The Kier molecular flexibility index (Phi) is 7.01. The standard InChI is InChI=1S/C21H32N2O2S/c1-26-17-20(25)23-14-10-21(19(15-23)16-24)8-12-22(13-9-21)11-7-18-5-3-2-4-6-18/h2-6,19,24H,7-17H2,1H3/t19-/m1/s1. The zero-order valence-corrected chi connectivity index (χ0v) is 16.7. The summed E-state index contributed by atoms with van der Waals surface area (Å²) in [5.74, 6) is 1.02. The Balaban J connectivity index is 1.51. The summed E-state index contributed by atoms with van der Waals surface area (Å²) in [5.41, 5.74) is 1.63. The van der Waals surface area contributed by atoms with Crippen LogP contribution < -0.4 is 0 Å². The molecule has 4 nitrogen and oxygen atoms in total. The molecule has 2 saturated heterocycles. The third kappa shape index (κ3) is 4.62. The van der Waals surface area contributed by atoms with Crippen molar-refractivity contribution in [3.8, 4) is 0 Å². The monoisotopic (exact) mass is 376 g/mol. The van der Waals surface area contributed by atoms with Crippen LogP contribution in [0.25, 0.3) is 0 Å². The number of carbonyl (C=O) groups excluding carboxylic acids is 1. The van der Waals surface area contributed by atoms with Gasteiger partial charge in [-0.3, -0.25) is 4.79 Å². The van der Waals surface area contributed by atoms with Crippen molar-refractivity contribution >= 4 is 17.7 Å². The van der Waals surface area contributed by atoms with E-state index in [0.29, 0.717) is 5.75 Å². The van der Waals surface area contributed by atoms with Crippen LogP contribution in [-0.4, -0.2) is 72.2 Å². The molecule has 0 saturated carbocycles. The number of aliphatic hydroxyl groups excluding tert-OH is 1. The van der Waals surface area contributed by atoms with Crippen molar-refractivity contribution in [2.24, 2.45) is 11.3 Å². The Morgan fingerprint density at radius 1 is 1.19 bits per heavy atom. The number of hydrogen-bond donors (Lipinski definition) is 1. The molecule has 144 valence electrons. The molecule has 0 aliphatic carbocycles. The molecule has 1 aromatic carbocycles. The van der Waals surface area contributed by atoms with Crippen molar-refractivity contribution < 1.29 is 9.90 Å². The molecule has 1 aromatic rings. The van der Waals surface area contributed by atoms with E-state index >= 15 is 0 Å². The van der Waals surface area contributed by atoms with E-state index in [2.05, 4.69) is 35.2 Å². The van der Waals surface area contributed by atoms with Crippen LogP contribution in [0.4, 0.5) is 0 Å². The molecular weight excluding hydrogens is 344 g/mol. The van der Waals surface area contributed by atoms with Gasteiger partial charge >= 0.3 is 0 Å². The number of likely N-dealkylation sites (tertiary alicyclic amines) is 2. The van der Waals surface area contributed by atoms with Gasteiger partial charge in [0, 0.05) is 32.2 Å². The van der Waals surface area contributed by atoms with Crippen molar-refractivity contribution in [2.45, 2.75) is 25.7 Å². The molecule has 2 heterocycles. The van der Waals surface area contributed by atoms with Crippen LogP contribution in [0, 0.1) is 11.3 Å². The van der Waals surface area contributed by atoms with Gasteiger partial charge in [-0.2, -0.15) is 11.8 Å². The summed E-state index contributed by atoms with van der Waals surface area (Å²) >= 11 is 1.58. The van der Waals surface area contributed by atoms with E-state index in [0.717, 1.165) is 58.4 Å². The average Bonchev–Trinajstić information content (AvgIpc) is 2.69. The number of thioether (sulfide) groups is 1. The second-order valence-electron chi connectivity index (χ2n) is 7.84. The van der Waals surface area contributed by atoms with E-state index in [1.807, 2.05) is 11.2 Å². The molecule has 1 atom stereocenters. The maximum Gasteiger partial charge on any atom is 0.232 e. The maximum absolute atomic E-state index is 12.2. The summed E-state index contributed by atoms with van der Waals surface area (Å²) < 4.78 is 0. The molecular formula is C21H32N2O2S. The Bertz CT molecular complexity index is 573. The molecule has 0 bridgehead atoms. The zero-order valence-electron chi connectivity index (χ0n) is 15.9. The number of amides is 1. The largest absolute Gasteiger partial charge is 0.396 e. The summed E-state index contributed by atoms with van der Waals surface area (Å²) in [4.78, 5) is 16.8. The normalized spacial score (nSPS) is 23.3. The minimum atomic E-state index is 0.201. The van der Waals surface area contributed by atoms with Crippen LogP contribution in [0.1, 0.15) is 24.8 Å². The van der Waals surface area contributed by atoms with E-state index in [9.17, 15) is 9.90 Å². The number of hydrogen-bond acceptors (Lipinski definition) is 4. The number of rotatable bonds is 6. The van der Waals surface area contributed by atoms with Crippen LogP contribution in [0.2, 0.25) is 0 Å². The summed E-state index contributed by atoms with van der Waals surface area (Å²) in [5, 5.41) is 10.00. The third-order valence-corrected chi connectivity index (χ3v) is 6.97. The number of aliphatic hydroxyl groups is 1. The Labute approximate surface area is 161 Å². The lowest BCUT2D eigenvalue weighted by atomic mass is 9.64. The summed E-state index contributed by atoms with van der Waals surface area (Å²) in [6.07, 6.45) is 6.42. The maximum atomic E-state index is 12.2. The van der Waals surface area contributed by atoms with Crippen LogP contribution in [0.5, 0.6) is 0 Å². The highest BCUT2D eigenvalue weighted by atomic mass is 32.2. The fraction of sp³-hybridized carbons (Fsp3) is 0.667. The second kappa shape index (κ2) is 9.25. The number of nitrogens with zero attached hydrogens (tertiary/aromatic N) is 2. The van der Waals surface area contributed by atoms with Crippen molar-refractivity contribution in [3.05, 3.63) is 35.9 Å². The first-order valence-electron chi connectivity index (χ1n) is 9.81. The van der Waals surface area contributed by atoms with E-state index in [1.54, 1.807) is 11.8 Å². The Morgan fingerprint density at radius 2 is 1.88 bits per heavy atom. The topological polar surface area (TPSA) is 43.8 Å². The highest BCUT2D eigenvalue weighted by molar-refractivity contribution is 7.99. The van der Waals surface area contributed by atoms with E-state index in [1.165, 1.54) is 5.56 Å². The van der Waals surface area contributed by atoms with E-state index in [-0.39, 0.29) is 23.8 Å². The van der Waals surface area contributed by atoms with Gasteiger partial charge < -0.3 is 14.9 Å². The van der Waals surface area contributed by atoms with Crippen molar-refractivity contribution in [1.29, 1.82) is 0 Å². The summed E-state index contributed by atoms with van der Waals surface area (Å²) in [6, 6.07) is 10.7. The lowest BCUT2D eigenvalue weighted by Gasteiger charge is -2.51. The Hall–Kier alpha value is -1.04. The first kappa shape index (κ1) is 19.7. The van der Waals surface area contributed by atoms with Crippen LogP contribution in [-0.2, 0) is 11.2 Å². The Morgan fingerprint density at radius 3 is 2.54 bits per heavy atom.